The summed E-state index contributed by atoms with van der Waals surface area (Å²) >= 11 is -0.134. The molecule has 4 nitrogen and oxygen atoms in total. The Labute approximate surface area is 145 Å². The molecule has 1 aliphatic rings. The number of esters is 1. The Bertz CT molecular complexity index is 550. The van der Waals surface area contributed by atoms with E-state index in [-0.39, 0.29) is 27.0 Å². The molecule has 0 N–H and O–H groups in total. The molecule has 1 aromatic rings. The molecule has 0 radical (unpaired) electrons. The Hall–Kier alpha value is -0.871. The van der Waals surface area contributed by atoms with Crippen LogP contribution in [0.4, 0.5) is 0 Å². The van der Waals surface area contributed by atoms with E-state index in [0.717, 1.165) is 4.46 Å². The number of benzene rings is 1. The summed E-state index contributed by atoms with van der Waals surface area (Å²) in [4.78, 5) is 12.9. The maximum atomic E-state index is 12.9. The fraction of sp³-hybridized carbons (Fsp3) is 0.611. The second-order valence-electron chi connectivity index (χ2n) is 7.34. The van der Waals surface area contributed by atoms with E-state index in [2.05, 4.69) is 0 Å². The average molecular weight is 385 g/mol. The van der Waals surface area contributed by atoms with Gasteiger partial charge in [0.15, 0.2) is 0 Å². The molecule has 0 unspecified atom stereocenters. The molecule has 2 atom stereocenters. The summed E-state index contributed by atoms with van der Waals surface area (Å²) < 4.78 is 17.8. The number of hydrogen-bond acceptors (Lipinski definition) is 4. The predicted molar refractivity (Wildman–Crippen MR) is 90.9 cm³/mol. The molecule has 5 heteroatoms. The monoisotopic (exact) mass is 386 g/mol. The standard InChI is InChI=1S/C18H26O4Se/c1-16(2,3)22-15(19)18(6,14-12-20-17(4,5)21-14)23-13-10-8-7-9-11-13/h7-11,14H,12H2,1-6H3/t14-,18-/m0/s1. The van der Waals surface area contributed by atoms with Crippen LogP contribution in [0.1, 0.15) is 41.5 Å². The molecular weight excluding hydrogens is 359 g/mol. The van der Waals surface area contributed by atoms with E-state index in [9.17, 15) is 4.79 Å². The Balaban J connectivity index is 2.28. The number of carbonyl (C=O) groups excluding carboxylic acids is 1. The molecular formula is C18H26O4Se. The van der Waals surface area contributed by atoms with Gasteiger partial charge < -0.3 is 0 Å². The molecule has 0 bridgehead atoms. The van der Waals surface area contributed by atoms with Crippen LogP contribution in [0.15, 0.2) is 30.3 Å². The van der Waals surface area contributed by atoms with E-state index in [0.29, 0.717) is 6.61 Å². The van der Waals surface area contributed by atoms with Crippen molar-refractivity contribution in [2.75, 3.05) is 6.61 Å². The van der Waals surface area contributed by atoms with Crippen molar-refractivity contribution in [3.8, 4) is 0 Å². The summed E-state index contributed by atoms with van der Waals surface area (Å²) in [6.07, 6.45) is -0.312. The Kier molecular flexibility index (Phi) is 5.27. The predicted octanol–water partition coefficient (Wildman–Crippen LogP) is 2.69. The van der Waals surface area contributed by atoms with Crippen LogP contribution >= 0.6 is 0 Å². The van der Waals surface area contributed by atoms with Crippen LogP contribution in [-0.2, 0) is 19.0 Å². The van der Waals surface area contributed by atoms with Crippen LogP contribution in [0.5, 0.6) is 0 Å². The molecule has 128 valence electrons. The van der Waals surface area contributed by atoms with E-state index in [1.165, 1.54) is 0 Å². The quantitative estimate of drug-likeness (QED) is 0.591. The molecule has 1 saturated heterocycles. The Morgan fingerprint density at radius 1 is 1.22 bits per heavy atom. The molecule has 0 amide bonds. The molecule has 23 heavy (non-hydrogen) atoms. The number of hydrogen-bond donors (Lipinski definition) is 0. The zero-order valence-corrected chi connectivity index (χ0v) is 16.4. The van der Waals surface area contributed by atoms with Gasteiger partial charge in [-0.1, -0.05) is 0 Å². The Morgan fingerprint density at radius 2 is 1.83 bits per heavy atom. The van der Waals surface area contributed by atoms with E-state index < -0.39 is 15.7 Å². The van der Waals surface area contributed by atoms with Gasteiger partial charge in [-0.25, -0.2) is 0 Å². The van der Waals surface area contributed by atoms with Gasteiger partial charge in [0.05, 0.1) is 0 Å². The summed E-state index contributed by atoms with van der Waals surface area (Å²) in [6.45, 7) is 11.7. The van der Waals surface area contributed by atoms with Gasteiger partial charge in [0.1, 0.15) is 0 Å². The SMILES string of the molecule is CC(C)(C)OC(=O)[C@@](C)([Se]c1ccccc1)[C@@H]1COC(C)(C)O1. The van der Waals surface area contributed by atoms with Crippen LogP contribution in [0.2, 0.25) is 4.31 Å². The summed E-state index contributed by atoms with van der Waals surface area (Å²) in [5.41, 5.74) is -0.528. The number of ether oxygens (including phenoxy) is 3. The van der Waals surface area contributed by atoms with Crippen molar-refractivity contribution in [1.29, 1.82) is 0 Å². The van der Waals surface area contributed by atoms with E-state index >= 15 is 0 Å². The zero-order valence-electron chi connectivity index (χ0n) is 14.7. The first-order valence-electron chi connectivity index (χ1n) is 7.81. The molecule has 1 aliphatic heterocycles. The van der Waals surface area contributed by atoms with Crippen molar-refractivity contribution in [2.45, 2.75) is 63.3 Å². The number of rotatable bonds is 4. The summed E-state index contributed by atoms with van der Waals surface area (Å²) in [5.74, 6) is -0.888. The molecule has 0 spiro atoms. The third-order valence-corrected chi connectivity index (χ3v) is 6.36. The average Bonchev–Trinajstić information content (AvgIpc) is 2.78. The first-order chi connectivity index (χ1) is 10.5. The molecule has 1 fully saturated rings. The van der Waals surface area contributed by atoms with Crippen LogP contribution in [0.25, 0.3) is 0 Å². The van der Waals surface area contributed by atoms with Crippen molar-refractivity contribution < 1.29 is 19.0 Å². The van der Waals surface area contributed by atoms with Gasteiger partial charge >= 0.3 is 145 Å². The van der Waals surface area contributed by atoms with E-state index in [1.807, 2.05) is 71.9 Å². The molecule has 2 rings (SSSR count). The minimum atomic E-state index is -0.741. The normalized spacial score (nSPS) is 23.3. The fourth-order valence-electron chi connectivity index (χ4n) is 2.31. The molecule has 0 aliphatic carbocycles. The Morgan fingerprint density at radius 3 is 2.30 bits per heavy atom. The van der Waals surface area contributed by atoms with Crippen LogP contribution in [0.3, 0.4) is 0 Å². The third kappa shape index (κ3) is 4.80. The van der Waals surface area contributed by atoms with Gasteiger partial charge in [0.25, 0.3) is 0 Å². The van der Waals surface area contributed by atoms with Gasteiger partial charge in [0, 0.05) is 0 Å². The van der Waals surface area contributed by atoms with Crippen molar-refractivity contribution in [1.82, 2.24) is 0 Å². The maximum absolute atomic E-state index is 12.9. The first-order valence-corrected chi connectivity index (χ1v) is 9.52. The molecule has 0 saturated carbocycles. The van der Waals surface area contributed by atoms with Gasteiger partial charge in [-0.2, -0.15) is 0 Å². The van der Waals surface area contributed by atoms with Crippen LogP contribution in [-0.4, -0.2) is 45.0 Å². The minimum absolute atomic E-state index is 0.134. The number of carbonyl (C=O) groups is 1. The van der Waals surface area contributed by atoms with Gasteiger partial charge in [-0.3, -0.25) is 0 Å². The third-order valence-electron chi connectivity index (χ3n) is 3.50. The topological polar surface area (TPSA) is 44.8 Å². The van der Waals surface area contributed by atoms with Crippen molar-refractivity contribution in [3.63, 3.8) is 0 Å². The molecule has 0 aromatic heterocycles. The first kappa shape index (κ1) is 18.5. The second-order valence-corrected chi connectivity index (χ2v) is 10.5. The van der Waals surface area contributed by atoms with Crippen LogP contribution < -0.4 is 4.46 Å². The summed E-state index contributed by atoms with van der Waals surface area (Å²) in [7, 11) is 0. The van der Waals surface area contributed by atoms with Crippen molar-refractivity contribution in [2.24, 2.45) is 0 Å². The van der Waals surface area contributed by atoms with Crippen LogP contribution in [0, 0.1) is 0 Å². The zero-order chi connectivity index (χ0) is 17.3. The van der Waals surface area contributed by atoms with Crippen molar-refractivity contribution >= 4 is 25.4 Å². The summed E-state index contributed by atoms with van der Waals surface area (Å²) in [5, 5.41) is 0. The van der Waals surface area contributed by atoms with Crippen molar-refractivity contribution in [3.05, 3.63) is 30.3 Å². The van der Waals surface area contributed by atoms with Gasteiger partial charge in [0.2, 0.25) is 0 Å². The molecule has 1 aromatic carbocycles. The summed E-state index contributed by atoms with van der Waals surface area (Å²) in [6, 6.07) is 10.0. The van der Waals surface area contributed by atoms with Gasteiger partial charge in [-0.15, -0.1) is 0 Å². The van der Waals surface area contributed by atoms with E-state index in [4.69, 9.17) is 14.2 Å². The fourth-order valence-corrected chi connectivity index (χ4v) is 4.73. The van der Waals surface area contributed by atoms with E-state index in [1.54, 1.807) is 0 Å². The molecule has 1 heterocycles. The van der Waals surface area contributed by atoms with Gasteiger partial charge in [-0.05, 0) is 0 Å². The second kappa shape index (κ2) is 6.56.